The number of nitrogen functional groups attached to an aromatic ring is 1. The quantitative estimate of drug-likeness (QED) is 0.500. The Morgan fingerprint density at radius 3 is 2.77 bits per heavy atom. The largest absolute Gasteiger partial charge is 0.457 e. The van der Waals surface area contributed by atoms with Crippen LogP contribution in [0, 0.1) is 13.8 Å². The lowest BCUT2D eigenvalue weighted by atomic mass is 10.0. The SMILES string of the molecule is Cc1cc(C)c(N)c(-c2ccc(/C=C3/SC(=S)NC3=O)o2)c1. The van der Waals surface area contributed by atoms with E-state index in [4.69, 9.17) is 22.4 Å². The summed E-state index contributed by atoms with van der Waals surface area (Å²) in [4.78, 5) is 12.2. The lowest BCUT2D eigenvalue weighted by molar-refractivity contribution is -0.115. The lowest BCUT2D eigenvalue weighted by Gasteiger charge is -2.07. The molecule has 0 bridgehead atoms. The normalized spacial score (nSPS) is 16.4. The van der Waals surface area contributed by atoms with Gasteiger partial charge >= 0.3 is 0 Å². The molecule has 3 N–H and O–H groups in total. The van der Waals surface area contributed by atoms with Crippen molar-refractivity contribution in [2.45, 2.75) is 13.8 Å². The molecule has 4 nitrogen and oxygen atoms in total. The fourth-order valence-corrected chi connectivity index (χ4v) is 3.33. The van der Waals surface area contributed by atoms with Gasteiger partial charge in [-0.05, 0) is 43.2 Å². The van der Waals surface area contributed by atoms with E-state index in [1.165, 1.54) is 11.8 Å². The van der Waals surface area contributed by atoms with Gasteiger partial charge in [0.05, 0.1) is 4.91 Å². The van der Waals surface area contributed by atoms with Crippen LogP contribution in [0.2, 0.25) is 0 Å². The van der Waals surface area contributed by atoms with Crippen LogP contribution in [-0.4, -0.2) is 10.2 Å². The van der Waals surface area contributed by atoms with Crippen molar-refractivity contribution in [1.29, 1.82) is 0 Å². The van der Waals surface area contributed by atoms with Gasteiger partial charge in [0.1, 0.15) is 15.8 Å². The van der Waals surface area contributed by atoms with Crippen molar-refractivity contribution in [2.75, 3.05) is 5.73 Å². The van der Waals surface area contributed by atoms with Crippen LogP contribution >= 0.6 is 24.0 Å². The minimum absolute atomic E-state index is 0.195. The minimum atomic E-state index is -0.195. The highest BCUT2D eigenvalue weighted by molar-refractivity contribution is 8.26. The summed E-state index contributed by atoms with van der Waals surface area (Å²) in [5.41, 5.74) is 9.84. The van der Waals surface area contributed by atoms with Gasteiger partial charge in [-0.15, -0.1) is 0 Å². The van der Waals surface area contributed by atoms with E-state index in [1.54, 1.807) is 6.08 Å². The summed E-state index contributed by atoms with van der Waals surface area (Å²) in [5, 5.41) is 2.58. The number of carbonyl (C=O) groups excluding carboxylic acids is 1. The molecule has 0 unspecified atom stereocenters. The van der Waals surface area contributed by atoms with Crippen LogP contribution < -0.4 is 11.1 Å². The first-order valence-electron chi connectivity index (χ1n) is 6.66. The summed E-state index contributed by atoms with van der Waals surface area (Å²) in [6.07, 6.45) is 1.68. The second kappa shape index (κ2) is 5.62. The van der Waals surface area contributed by atoms with E-state index in [0.29, 0.717) is 26.4 Å². The zero-order chi connectivity index (χ0) is 15.9. The zero-order valence-corrected chi connectivity index (χ0v) is 13.7. The smallest absolute Gasteiger partial charge is 0.263 e. The Bertz CT molecular complexity index is 822. The van der Waals surface area contributed by atoms with Crippen molar-refractivity contribution in [1.82, 2.24) is 5.32 Å². The number of rotatable bonds is 2. The number of anilines is 1. The average molecular weight is 330 g/mol. The number of amides is 1. The molecular weight excluding hydrogens is 316 g/mol. The van der Waals surface area contributed by atoms with Crippen molar-refractivity contribution in [3.05, 3.63) is 46.1 Å². The number of nitrogens with one attached hydrogen (secondary N) is 1. The van der Waals surface area contributed by atoms with E-state index in [2.05, 4.69) is 5.32 Å². The predicted octanol–water partition coefficient (Wildman–Crippen LogP) is 3.63. The second-order valence-electron chi connectivity index (χ2n) is 5.10. The molecule has 0 saturated carbocycles. The third-order valence-corrected chi connectivity index (χ3v) is 4.50. The number of hydrogen-bond donors (Lipinski definition) is 2. The number of aryl methyl sites for hydroxylation is 2. The Balaban J connectivity index is 1.97. The molecule has 1 aromatic carbocycles. The first-order valence-corrected chi connectivity index (χ1v) is 7.88. The van der Waals surface area contributed by atoms with E-state index in [-0.39, 0.29) is 5.91 Å². The van der Waals surface area contributed by atoms with Gasteiger partial charge in [0.2, 0.25) is 0 Å². The minimum Gasteiger partial charge on any atom is -0.457 e. The van der Waals surface area contributed by atoms with E-state index in [1.807, 2.05) is 38.1 Å². The summed E-state index contributed by atoms with van der Waals surface area (Å²) in [5.74, 6) is 1.08. The molecule has 1 aromatic heterocycles. The Morgan fingerprint density at radius 2 is 2.09 bits per heavy atom. The van der Waals surface area contributed by atoms with Crippen LogP contribution in [0.5, 0.6) is 0 Å². The highest BCUT2D eigenvalue weighted by atomic mass is 32.2. The highest BCUT2D eigenvalue weighted by Gasteiger charge is 2.22. The molecule has 3 rings (SSSR count). The summed E-state index contributed by atoms with van der Waals surface area (Å²) >= 11 is 6.19. The maximum Gasteiger partial charge on any atom is 0.263 e. The molecule has 0 atom stereocenters. The fourth-order valence-electron chi connectivity index (χ4n) is 2.31. The molecule has 1 saturated heterocycles. The van der Waals surface area contributed by atoms with Gasteiger partial charge in [-0.3, -0.25) is 4.79 Å². The monoisotopic (exact) mass is 330 g/mol. The van der Waals surface area contributed by atoms with Gasteiger partial charge in [0.15, 0.2) is 0 Å². The zero-order valence-electron chi connectivity index (χ0n) is 12.1. The maximum absolute atomic E-state index is 11.7. The van der Waals surface area contributed by atoms with Gasteiger partial charge in [-0.25, -0.2) is 0 Å². The third kappa shape index (κ3) is 2.80. The van der Waals surface area contributed by atoms with Gasteiger partial charge < -0.3 is 15.5 Å². The Morgan fingerprint density at radius 1 is 1.32 bits per heavy atom. The van der Waals surface area contributed by atoms with Crippen molar-refractivity contribution < 1.29 is 9.21 Å². The molecule has 6 heteroatoms. The summed E-state index contributed by atoms with van der Waals surface area (Å²) in [7, 11) is 0. The van der Waals surface area contributed by atoms with E-state index < -0.39 is 0 Å². The van der Waals surface area contributed by atoms with E-state index in [0.717, 1.165) is 16.7 Å². The molecule has 1 amide bonds. The second-order valence-corrected chi connectivity index (χ2v) is 6.82. The van der Waals surface area contributed by atoms with E-state index in [9.17, 15) is 4.79 Å². The highest BCUT2D eigenvalue weighted by Crippen LogP contribution is 2.33. The number of benzene rings is 1. The molecular formula is C16H14N2O2S2. The van der Waals surface area contributed by atoms with Gasteiger partial charge in [0.25, 0.3) is 5.91 Å². The summed E-state index contributed by atoms with van der Waals surface area (Å²) < 4.78 is 6.27. The number of thioether (sulfide) groups is 1. The topological polar surface area (TPSA) is 68.3 Å². The van der Waals surface area contributed by atoms with Crippen LogP contribution in [0.15, 0.2) is 33.6 Å². The Labute approximate surface area is 137 Å². The van der Waals surface area contributed by atoms with Gasteiger partial charge in [-0.1, -0.05) is 30.0 Å². The predicted molar refractivity (Wildman–Crippen MR) is 94.3 cm³/mol. The summed E-state index contributed by atoms with van der Waals surface area (Å²) in [6, 6.07) is 7.69. The molecule has 22 heavy (non-hydrogen) atoms. The third-order valence-electron chi connectivity index (χ3n) is 3.34. The molecule has 0 spiro atoms. The molecule has 2 aromatic rings. The Hall–Kier alpha value is -2.05. The standard InChI is InChI=1S/C16H14N2O2S2/c1-8-5-9(2)14(17)11(6-8)12-4-3-10(20-12)7-13-15(19)18-16(21)22-13/h3-7H,17H2,1-2H3,(H,18,19,21)/b13-7+. The first-order chi connectivity index (χ1) is 10.4. The van der Waals surface area contributed by atoms with Crippen LogP contribution in [0.1, 0.15) is 16.9 Å². The van der Waals surface area contributed by atoms with Gasteiger partial charge in [-0.2, -0.15) is 0 Å². The number of hydrogen-bond acceptors (Lipinski definition) is 5. The molecule has 0 aliphatic carbocycles. The molecule has 112 valence electrons. The first kappa shape index (κ1) is 14.9. The van der Waals surface area contributed by atoms with E-state index >= 15 is 0 Å². The van der Waals surface area contributed by atoms with Crippen molar-refractivity contribution in [3.63, 3.8) is 0 Å². The molecule has 1 aliphatic heterocycles. The van der Waals surface area contributed by atoms with Crippen LogP contribution in [0.25, 0.3) is 17.4 Å². The number of carbonyl (C=O) groups is 1. The molecule has 2 heterocycles. The maximum atomic E-state index is 11.7. The fraction of sp³-hybridized carbons (Fsp3) is 0.125. The van der Waals surface area contributed by atoms with Crippen LogP contribution in [0.3, 0.4) is 0 Å². The van der Waals surface area contributed by atoms with Crippen LogP contribution in [-0.2, 0) is 4.79 Å². The number of thiocarbonyl (C=S) groups is 1. The average Bonchev–Trinajstić information content (AvgIpc) is 3.02. The summed E-state index contributed by atoms with van der Waals surface area (Å²) in [6.45, 7) is 3.99. The van der Waals surface area contributed by atoms with Crippen molar-refractivity contribution >= 4 is 46.0 Å². The van der Waals surface area contributed by atoms with Gasteiger partial charge in [0, 0.05) is 17.3 Å². The Kier molecular flexibility index (Phi) is 3.80. The molecule has 1 aliphatic rings. The number of furan rings is 1. The molecule has 1 fully saturated rings. The van der Waals surface area contributed by atoms with Crippen molar-refractivity contribution in [3.8, 4) is 11.3 Å². The van der Waals surface area contributed by atoms with Crippen LogP contribution in [0.4, 0.5) is 5.69 Å². The lowest BCUT2D eigenvalue weighted by Crippen LogP contribution is -2.17. The molecule has 0 radical (unpaired) electrons. The van der Waals surface area contributed by atoms with Crippen molar-refractivity contribution in [2.24, 2.45) is 0 Å². The number of nitrogens with two attached hydrogens (primary N) is 1.